The molecule has 4 atom stereocenters. The first-order chi connectivity index (χ1) is 40.1. The maximum absolute atomic E-state index is 14.1. The van der Waals surface area contributed by atoms with Crippen LogP contribution in [0.1, 0.15) is 110 Å². The summed E-state index contributed by atoms with van der Waals surface area (Å²) < 4.78 is 31.9. The number of nitrogens with zero attached hydrogens (tertiary/aromatic N) is 2. The number of aliphatic hydroxyl groups excluding tert-OH is 4. The summed E-state index contributed by atoms with van der Waals surface area (Å²) in [4.78, 5) is 50.1. The van der Waals surface area contributed by atoms with Crippen molar-refractivity contribution in [2.24, 2.45) is 0 Å². The number of phenols is 2. The van der Waals surface area contributed by atoms with Crippen molar-refractivity contribution in [2.45, 2.75) is 116 Å². The molecule has 2 radical (unpaired) electrons. The number of aromatic hydroxyl groups is 2. The molecule has 0 fully saturated rings. The summed E-state index contributed by atoms with van der Waals surface area (Å²) in [5.74, 6) is -4.56. The molecule has 0 unspecified atom stereocenters. The van der Waals surface area contributed by atoms with E-state index in [1.54, 1.807) is 60.7 Å². The largest absolute Gasteiger partial charge is 0.506 e. The van der Waals surface area contributed by atoms with Gasteiger partial charge in [0.25, 0.3) is 11.8 Å². The maximum atomic E-state index is 14.1. The molecule has 0 saturated carbocycles. The summed E-state index contributed by atoms with van der Waals surface area (Å²) in [5, 5.41) is 85.9. The molecule has 442 valence electrons. The smallest absolute Gasteiger partial charge is 0.305 e. The molecule has 0 aliphatic carbocycles. The number of aliphatic carboxylic acids is 2. The number of carbonyl (C=O) groups excluding carboxylic acids is 2. The molecule has 0 aliphatic rings. The average Bonchev–Trinajstić information content (AvgIpc) is 1.71. The molecule has 8 aromatic rings. The van der Waals surface area contributed by atoms with E-state index in [1.807, 2.05) is 97.5 Å². The van der Waals surface area contributed by atoms with Crippen LogP contribution in [0.15, 0.2) is 158 Å². The van der Waals surface area contributed by atoms with Gasteiger partial charge in [-0.05, 0) is 133 Å². The van der Waals surface area contributed by atoms with Gasteiger partial charge in [-0.2, -0.15) is 0 Å². The molecule has 2 amide bonds. The third-order valence-corrected chi connectivity index (χ3v) is 14.1. The monoisotopic (exact) mass is 1190 g/mol. The second kappa shape index (κ2) is 30.9. The Balaban J connectivity index is 0.000000269. The number of carbonyl (C=O) groups is 4. The molecule has 19 heteroatoms. The zero-order valence-corrected chi connectivity index (χ0v) is 49.9. The Kier molecular flexibility index (Phi) is 24.2. The van der Waals surface area contributed by atoms with Crippen molar-refractivity contribution < 1.29 is 68.8 Å². The van der Waals surface area contributed by atoms with E-state index in [2.05, 4.69) is 10.6 Å². The number of aromatic nitrogens is 2. The number of aliphatic hydroxyl groups is 4. The van der Waals surface area contributed by atoms with Crippen LogP contribution in [-0.4, -0.2) is 136 Å². The number of amides is 2. The van der Waals surface area contributed by atoms with Crippen LogP contribution in [0, 0.1) is 11.6 Å². The van der Waals surface area contributed by atoms with Crippen molar-refractivity contribution in [1.29, 1.82) is 0 Å². The third-order valence-electron chi connectivity index (χ3n) is 14.1. The molecule has 0 spiro atoms. The van der Waals surface area contributed by atoms with Crippen LogP contribution in [0.2, 0.25) is 0 Å². The van der Waals surface area contributed by atoms with Crippen LogP contribution in [0.5, 0.6) is 11.5 Å². The number of halogens is 2. The number of rotatable bonds is 24. The number of anilines is 2. The summed E-state index contributed by atoms with van der Waals surface area (Å²) in [6.45, 7) is 8.23. The van der Waals surface area contributed by atoms with Crippen molar-refractivity contribution >= 4 is 72.9 Å². The number of para-hydroxylation sites is 4. The number of benzene rings is 6. The Labute approximate surface area is 521 Å². The van der Waals surface area contributed by atoms with Gasteiger partial charge in [0.15, 0.2) is 0 Å². The predicted molar refractivity (Wildman–Crippen MR) is 324 cm³/mol. The maximum Gasteiger partial charge on any atom is 0.305 e. The van der Waals surface area contributed by atoms with Crippen LogP contribution in [0.3, 0.4) is 0 Å². The molecule has 0 saturated heterocycles. The number of nitrogens with one attached hydrogen (secondary N) is 2. The van der Waals surface area contributed by atoms with Crippen LogP contribution >= 0.6 is 0 Å². The fourth-order valence-electron chi connectivity index (χ4n) is 10.5. The number of carboxylic acid groups (broad SMARTS) is 2. The molecule has 2 heterocycles. The molecule has 8 rings (SSSR count). The SMILES string of the molecule is CC(C)c1c(C(=O)Nc2ccccc2O)c(-c2ccccc2)c(-c2ccc(F)cc2)n1CC[C@@H](O)C[C@@H](O)CC(=O)O.CC(C)c1c(C(=O)Nc2ccccc2O)c(-c2ccccc2)c(-c2ccc(F)cc2)n1CC[C@@H](O)C[C@@H](O)CC(=O)O.[Ca]. The van der Waals surface area contributed by atoms with E-state index in [0.717, 1.165) is 11.1 Å². The summed E-state index contributed by atoms with van der Waals surface area (Å²) >= 11 is 0. The van der Waals surface area contributed by atoms with E-state index in [1.165, 1.54) is 36.4 Å². The summed E-state index contributed by atoms with van der Waals surface area (Å²) in [6.07, 6.45) is -5.32. The van der Waals surface area contributed by atoms with Gasteiger partial charge in [0.05, 0.1) is 71.1 Å². The van der Waals surface area contributed by atoms with Gasteiger partial charge >= 0.3 is 11.9 Å². The second-order valence-corrected chi connectivity index (χ2v) is 21.1. The van der Waals surface area contributed by atoms with Crippen LogP contribution in [0.25, 0.3) is 44.8 Å². The minimum Gasteiger partial charge on any atom is -0.506 e. The van der Waals surface area contributed by atoms with E-state index >= 15 is 0 Å². The Hall–Kier alpha value is -7.68. The number of hydrogen-bond donors (Lipinski definition) is 10. The first-order valence-electron chi connectivity index (χ1n) is 27.6. The van der Waals surface area contributed by atoms with Crippen LogP contribution in [-0.2, 0) is 22.7 Å². The minimum atomic E-state index is -1.21. The van der Waals surface area contributed by atoms with Gasteiger partial charge < -0.3 is 60.6 Å². The minimum absolute atomic E-state index is 0. The van der Waals surface area contributed by atoms with Gasteiger partial charge in [0.2, 0.25) is 0 Å². The molecule has 0 bridgehead atoms. The van der Waals surface area contributed by atoms with Crippen LogP contribution < -0.4 is 10.6 Å². The molecule has 0 aliphatic heterocycles. The fourth-order valence-corrected chi connectivity index (χ4v) is 10.5. The summed E-state index contributed by atoms with van der Waals surface area (Å²) in [6, 6.07) is 43.4. The standard InChI is InChI=1S/2C33H35FN2O6.Ca/c2*1-20(2)31-30(33(42)35-26-10-6-7-11-27(26)39)29(21-8-4-3-5-9-21)32(22-12-14-23(34)15-13-22)36(31)17-16-24(37)18-25(38)19-28(40)41;/h2*3-15,20,24-25,37-39H,16-19H2,1-2H3,(H,35,42)(H,40,41);/t2*24-,25-;/m11./s1. The van der Waals surface area contributed by atoms with Crippen molar-refractivity contribution in [1.82, 2.24) is 9.13 Å². The summed E-state index contributed by atoms with van der Waals surface area (Å²) in [7, 11) is 0. The molecular formula is C66H70CaF2N4O12. The van der Waals surface area contributed by atoms with E-state index in [0.29, 0.717) is 56.2 Å². The number of carboxylic acids is 2. The van der Waals surface area contributed by atoms with E-state index in [9.17, 15) is 58.6 Å². The van der Waals surface area contributed by atoms with Crippen molar-refractivity contribution in [2.75, 3.05) is 10.6 Å². The molecule has 6 aromatic carbocycles. The average molecular weight is 1190 g/mol. The number of phenolic OH excluding ortho intramolecular Hbond substituents is 2. The Morgan fingerprint density at radius 3 is 1.07 bits per heavy atom. The zero-order valence-electron chi connectivity index (χ0n) is 47.7. The Bertz CT molecular complexity index is 3310. The first-order valence-corrected chi connectivity index (χ1v) is 27.6. The molecule has 10 N–H and O–H groups in total. The quantitative estimate of drug-likeness (QED) is 0.0200. The molecule has 16 nitrogen and oxygen atoms in total. The van der Waals surface area contributed by atoms with Gasteiger partial charge in [-0.3, -0.25) is 19.2 Å². The Morgan fingerprint density at radius 2 is 0.765 bits per heavy atom. The van der Waals surface area contributed by atoms with Gasteiger partial charge in [0, 0.05) is 73.3 Å². The predicted octanol–water partition coefficient (Wildman–Crippen LogP) is 11.7. The van der Waals surface area contributed by atoms with Gasteiger partial charge in [-0.25, -0.2) is 8.78 Å². The molecular weight excluding hydrogens is 1120 g/mol. The van der Waals surface area contributed by atoms with Gasteiger partial charge in [-0.15, -0.1) is 0 Å². The number of hydrogen-bond acceptors (Lipinski definition) is 10. The van der Waals surface area contributed by atoms with Crippen molar-refractivity contribution in [3.63, 3.8) is 0 Å². The van der Waals surface area contributed by atoms with E-state index < -0.39 is 72.6 Å². The normalized spacial score (nSPS) is 12.6. The fraction of sp³-hybridized carbons (Fsp3) is 0.273. The summed E-state index contributed by atoms with van der Waals surface area (Å²) in [5.41, 5.74) is 7.88. The van der Waals surface area contributed by atoms with Gasteiger partial charge in [-0.1, -0.05) is 113 Å². The third kappa shape index (κ3) is 17.3. The van der Waals surface area contributed by atoms with Crippen molar-refractivity contribution in [3.8, 4) is 56.3 Å². The first kappa shape index (κ1) is 66.5. The second-order valence-electron chi connectivity index (χ2n) is 21.1. The molecule has 85 heavy (non-hydrogen) atoms. The van der Waals surface area contributed by atoms with Crippen molar-refractivity contribution in [3.05, 3.63) is 192 Å². The zero-order chi connectivity index (χ0) is 60.8. The van der Waals surface area contributed by atoms with Gasteiger partial charge in [0.1, 0.15) is 23.1 Å². The Morgan fingerprint density at radius 1 is 0.447 bits per heavy atom. The van der Waals surface area contributed by atoms with Crippen LogP contribution in [0.4, 0.5) is 20.2 Å². The van der Waals surface area contributed by atoms with E-state index in [4.69, 9.17) is 10.2 Å². The topological polar surface area (TPSA) is 264 Å². The van der Waals surface area contributed by atoms with E-state index in [-0.39, 0.29) is 111 Å². The molecule has 2 aromatic heterocycles.